The summed E-state index contributed by atoms with van der Waals surface area (Å²) in [6.45, 7) is 1.38. The van der Waals surface area contributed by atoms with Gasteiger partial charge in [-0.3, -0.25) is 9.59 Å². The van der Waals surface area contributed by atoms with Gasteiger partial charge in [-0.2, -0.15) is 0 Å². The molecule has 7 unspecified atom stereocenters. The van der Waals surface area contributed by atoms with E-state index in [0.29, 0.717) is 18.9 Å². The van der Waals surface area contributed by atoms with Gasteiger partial charge in [-0.05, 0) is 75.7 Å². The monoisotopic (exact) mass is 395 g/mol. The molecule has 7 atom stereocenters. The number of esters is 1. The lowest BCUT2D eigenvalue weighted by molar-refractivity contribution is -0.145. The number of aliphatic hydroxyl groups excluding tert-OH is 2. The Morgan fingerprint density at radius 3 is 2.36 bits per heavy atom. The largest absolute Gasteiger partial charge is 0.481 e. The third-order valence-electron chi connectivity index (χ3n) is 7.91. The van der Waals surface area contributed by atoms with Gasteiger partial charge in [0.2, 0.25) is 0 Å². The highest BCUT2D eigenvalue weighted by Crippen LogP contribution is 2.48. The highest BCUT2D eigenvalue weighted by atomic mass is 16.6. The van der Waals surface area contributed by atoms with Gasteiger partial charge >= 0.3 is 11.9 Å². The zero-order chi connectivity index (χ0) is 19.8. The molecule has 28 heavy (non-hydrogen) atoms. The minimum atomic E-state index is -0.683. The molecule has 1 heterocycles. The SMILES string of the molecule is O=C(O)C1CCC(CNCC2C(=O)OC3CCC4C(O)CC(O)C4CC32)CC1. The van der Waals surface area contributed by atoms with Crippen LogP contribution in [-0.2, 0) is 14.3 Å². The summed E-state index contributed by atoms with van der Waals surface area (Å²) >= 11 is 0. The molecular formula is C21H33NO6. The number of fused-ring (bicyclic) bond motifs is 2. The van der Waals surface area contributed by atoms with Crippen LogP contribution in [-0.4, -0.2) is 58.7 Å². The van der Waals surface area contributed by atoms with Gasteiger partial charge in [-0.25, -0.2) is 0 Å². The van der Waals surface area contributed by atoms with Crippen LogP contribution in [0.4, 0.5) is 0 Å². The van der Waals surface area contributed by atoms with Gasteiger partial charge in [0.25, 0.3) is 0 Å². The van der Waals surface area contributed by atoms with E-state index < -0.39 is 18.2 Å². The van der Waals surface area contributed by atoms with Crippen LogP contribution < -0.4 is 5.32 Å². The van der Waals surface area contributed by atoms with E-state index in [4.69, 9.17) is 9.84 Å². The highest BCUT2D eigenvalue weighted by Gasteiger charge is 2.52. The summed E-state index contributed by atoms with van der Waals surface area (Å²) in [6.07, 6.45) is 5.08. The second-order valence-electron chi connectivity index (χ2n) is 9.47. The molecule has 1 aliphatic heterocycles. The molecule has 3 aliphatic carbocycles. The van der Waals surface area contributed by atoms with Crippen LogP contribution in [0.2, 0.25) is 0 Å². The Hall–Kier alpha value is -1.18. The number of carboxylic acid groups (broad SMARTS) is 1. The van der Waals surface area contributed by atoms with Crippen molar-refractivity contribution in [3.63, 3.8) is 0 Å². The van der Waals surface area contributed by atoms with Gasteiger partial charge < -0.3 is 25.4 Å². The molecule has 0 radical (unpaired) electrons. The molecule has 0 spiro atoms. The van der Waals surface area contributed by atoms with Crippen molar-refractivity contribution in [1.29, 1.82) is 0 Å². The van der Waals surface area contributed by atoms with Gasteiger partial charge in [0.05, 0.1) is 24.0 Å². The molecule has 4 aliphatic rings. The van der Waals surface area contributed by atoms with Gasteiger partial charge in [-0.1, -0.05) is 0 Å². The Kier molecular flexibility index (Phi) is 5.95. The number of aliphatic hydroxyl groups is 2. The number of rotatable bonds is 5. The smallest absolute Gasteiger partial charge is 0.310 e. The Labute approximate surface area is 165 Å². The van der Waals surface area contributed by atoms with Crippen molar-refractivity contribution in [3.8, 4) is 0 Å². The quantitative estimate of drug-likeness (QED) is 0.516. The second kappa shape index (κ2) is 8.28. The third-order valence-corrected chi connectivity index (χ3v) is 7.91. The molecule has 0 bridgehead atoms. The molecule has 4 rings (SSSR count). The number of carbonyl (C=O) groups excluding carboxylic acids is 1. The Bertz CT molecular complexity index is 589. The molecular weight excluding hydrogens is 362 g/mol. The lowest BCUT2D eigenvalue weighted by Crippen LogP contribution is -2.36. The molecule has 158 valence electrons. The Morgan fingerprint density at radius 2 is 1.64 bits per heavy atom. The van der Waals surface area contributed by atoms with E-state index in [-0.39, 0.29) is 41.7 Å². The lowest BCUT2D eigenvalue weighted by atomic mass is 9.80. The average molecular weight is 395 g/mol. The van der Waals surface area contributed by atoms with E-state index in [9.17, 15) is 19.8 Å². The van der Waals surface area contributed by atoms with E-state index >= 15 is 0 Å². The van der Waals surface area contributed by atoms with Crippen LogP contribution >= 0.6 is 0 Å². The van der Waals surface area contributed by atoms with E-state index in [0.717, 1.165) is 51.5 Å². The standard InChI is InChI=1S/C21H33NO6/c23-17-8-18(24)14-7-15-16(21(27)28-19(15)6-5-13(14)17)10-22-9-11-1-3-12(4-2-11)20(25)26/h11-19,22-24H,1-10H2,(H,25,26). The summed E-state index contributed by atoms with van der Waals surface area (Å²) in [5, 5.41) is 33.1. The van der Waals surface area contributed by atoms with Crippen LogP contribution in [0, 0.1) is 35.5 Å². The third kappa shape index (κ3) is 3.94. The zero-order valence-electron chi connectivity index (χ0n) is 16.3. The number of carboxylic acids is 1. The maximum Gasteiger partial charge on any atom is 0.310 e. The fraction of sp³-hybridized carbons (Fsp3) is 0.905. The summed E-state index contributed by atoms with van der Waals surface area (Å²) in [5.74, 6) is -0.448. The molecule has 7 heteroatoms. The number of carbonyl (C=O) groups is 2. The number of nitrogens with one attached hydrogen (secondary N) is 1. The highest BCUT2D eigenvalue weighted by molar-refractivity contribution is 5.75. The van der Waals surface area contributed by atoms with E-state index in [1.807, 2.05) is 0 Å². The molecule has 0 amide bonds. The number of ether oxygens (including phenoxy) is 1. The predicted octanol–water partition coefficient (Wildman–Crippen LogP) is 1.17. The van der Waals surface area contributed by atoms with Crippen molar-refractivity contribution in [2.45, 2.75) is 69.7 Å². The van der Waals surface area contributed by atoms with Crippen molar-refractivity contribution in [1.82, 2.24) is 5.32 Å². The first-order chi connectivity index (χ1) is 13.4. The van der Waals surface area contributed by atoms with Crippen LogP contribution in [0.3, 0.4) is 0 Å². The van der Waals surface area contributed by atoms with E-state index in [2.05, 4.69) is 5.32 Å². The summed E-state index contributed by atoms with van der Waals surface area (Å²) in [5.41, 5.74) is 0. The Morgan fingerprint density at radius 1 is 0.929 bits per heavy atom. The van der Waals surface area contributed by atoms with Crippen molar-refractivity contribution < 1.29 is 29.6 Å². The van der Waals surface area contributed by atoms with Crippen molar-refractivity contribution >= 4 is 11.9 Å². The van der Waals surface area contributed by atoms with Gasteiger partial charge in [-0.15, -0.1) is 0 Å². The molecule has 0 aromatic rings. The van der Waals surface area contributed by atoms with Crippen LogP contribution in [0.25, 0.3) is 0 Å². The topological polar surface area (TPSA) is 116 Å². The fourth-order valence-electron chi connectivity index (χ4n) is 6.22. The van der Waals surface area contributed by atoms with Crippen molar-refractivity contribution in [2.24, 2.45) is 35.5 Å². The molecule has 0 aromatic heterocycles. The zero-order valence-corrected chi connectivity index (χ0v) is 16.3. The average Bonchev–Trinajstić information content (AvgIpc) is 3.01. The van der Waals surface area contributed by atoms with Crippen LogP contribution in [0.15, 0.2) is 0 Å². The predicted molar refractivity (Wildman–Crippen MR) is 100 cm³/mol. The fourth-order valence-corrected chi connectivity index (χ4v) is 6.22. The van der Waals surface area contributed by atoms with Gasteiger partial charge in [0, 0.05) is 12.5 Å². The molecule has 7 nitrogen and oxygen atoms in total. The van der Waals surface area contributed by atoms with Crippen molar-refractivity contribution in [2.75, 3.05) is 13.1 Å². The van der Waals surface area contributed by atoms with Gasteiger partial charge in [0.15, 0.2) is 0 Å². The number of hydrogen-bond acceptors (Lipinski definition) is 6. The molecule has 3 saturated carbocycles. The number of hydrogen-bond donors (Lipinski definition) is 4. The summed E-state index contributed by atoms with van der Waals surface area (Å²) in [4.78, 5) is 23.5. The molecule has 4 N–H and O–H groups in total. The summed E-state index contributed by atoms with van der Waals surface area (Å²) in [7, 11) is 0. The first-order valence-electron chi connectivity index (χ1n) is 10.9. The summed E-state index contributed by atoms with van der Waals surface area (Å²) in [6, 6.07) is 0. The molecule has 0 aromatic carbocycles. The van der Waals surface area contributed by atoms with Crippen LogP contribution in [0.5, 0.6) is 0 Å². The second-order valence-corrected chi connectivity index (χ2v) is 9.47. The maximum atomic E-state index is 12.5. The minimum Gasteiger partial charge on any atom is -0.481 e. The molecule has 1 saturated heterocycles. The first kappa shape index (κ1) is 20.1. The Balaban J connectivity index is 1.30. The van der Waals surface area contributed by atoms with Crippen LogP contribution in [0.1, 0.15) is 51.4 Å². The maximum absolute atomic E-state index is 12.5. The van der Waals surface area contributed by atoms with Crippen molar-refractivity contribution in [3.05, 3.63) is 0 Å². The lowest BCUT2D eigenvalue weighted by Gasteiger charge is -2.27. The summed E-state index contributed by atoms with van der Waals surface area (Å²) < 4.78 is 5.67. The molecule has 4 fully saturated rings. The first-order valence-corrected chi connectivity index (χ1v) is 10.9. The normalized spacial score (nSPS) is 45.8. The minimum absolute atomic E-state index is 0.0632. The van der Waals surface area contributed by atoms with E-state index in [1.54, 1.807) is 0 Å². The van der Waals surface area contributed by atoms with E-state index in [1.165, 1.54) is 0 Å². The van der Waals surface area contributed by atoms with Gasteiger partial charge in [0.1, 0.15) is 6.10 Å². The number of aliphatic carboxylic acids is 1.